The molecule has 0 aliphatic carbocycles. The third kappa shape index (κ3) is 4.58. The van der Waals surface area contributed by atoms with Crippen LogP contribution < -0.4 is 10.6 Å². The van der Waals surface area contributed by atoms with Crippen LogP contribution in [0.3, 0.4) is 0 Å². The van der Waals surface area contributed by atoms with Gasteiger partial charge in [0.05, 0.1) is 0 Å². The molecule has 0 saturated heterocycles. The molecule has 1 atom stereocenters. The van der Waals surface area contributed by atoms with Crippen molar-refractivity contribution in [2.24, 2.45) is 0 Å². The van der Waals surface area contributed by atoms with Gasteiger partial charge in [0.15, 0.2) is 0 Å². The highest BCUT2D eigenvalue weighted by molar-refractivity contribution is 5.93. The lowest BCUT2D eigenvalue weighted by atomic mass is 10.1. The van der Waals surface area contributed by atoms with Crippen LogP contribution in [0, 0.1) is 6.92 Å². The SMILES string of the molecule is CCC(C)NC(=O)c1cc(NCc2cccc(C)c2)ccn1. The standard InChI is InChI=1S/C18H23N3O/c1-4-14(3)21-18(22)17-11-16(8-9-19-17)20-12-15-7-5-6-13(2)10-15/h5-11,14H,4,12H2,1-3H3,(H,19,20)(H,21,22). The molecule has 0 saturated carbocycles. The maximum atomic E-state index is 12.1. The fraction of sp³-hybridized carbons (Fsp3) is 0.333. The molecule has 1 aromatic heterocycles. The summed E-state index contributed by atoms with van der Waals surface area (Å²) in [6, 6.07) is 12.2. The first-order valence-electron chi connectivity index (χ1n) is 7.65. The number of amides is 1. The number of nitrogens with zero attached hydrogens (tertiary/aromatic N) is 1. The van der Waals surface area contributed by atoms with Crippen molar-refractivity contribution in [2.45, 2.75) is 39.8 Å². The van der Waals surface area contributed by atoms with Crippen LogP contribution in [0.2, 0.25) is 0 Å². The number of anilines is 1. The Hall–Kier alpha value is -2.36. The van der Waals surface area contributed by atoms with E-state index in [2.05, 4.69) is 40.7 Å². The number of benzene rings is 1. The smallest absolute Gasteiger partial charge is 0.270 e. The second-order valence-corrected chi connectivity index (χ2v) is 5.56. The summed E-state index contributed by atoms with van der Waals surface area (Å²) in [7, 11) is 0. The zero-order valence-electron chi connectivity index (χ0n) is 13.4. The molecule has 0 aliphatic heterocycles. The monoisotopic (exact) mass is 297 g/mol. The molecule has 0 fully saturated rings. The molecule has 0 aliphatic rings. The van der Waals surface area contributed by atoms with E-state index < -0.39 is 0 Å². The van der Waals surface area contributed by atoms with Crippen molar-refractivity contribution in [1.82, 2.24) is 10.3 Å². The summed E-state index contributed by atoms with van der Waals surface area (Å²) in [6.45, 7) is 6.82. The fourth-order valence-corrected chi connectivity index (χ4v) is 2.09. The molecule has 0 radical (unpaired) electrons. The van der Waals surface area contributed by atoms with Crippen LogP contribution in [0.25, 0.3) is 0 Å². The Morgan fingerprint density at radius 2 is 2.09 bits per heavy atom. The number of hydrogen-bond donors (Lipinski definition) is 2. The molecule has 116 valence electrons. The maximum absolute atomic E-state index is 12.1. The lowest BCUT2D eigenvalue weighted by Crippen LogP contribution is -2.32. The van der Waals surface area contributed by atoms with Crippen molar-refractivity contribution >= 4 is 11.6 Å². The van der Waals surface area contributed by atoms with Crippen LogP contribution in [0.1, 0.15) is 41.9 Å². The number of carbonyl (C=O) groups excluding carboxylic acids is 1. The fourth-order valence-electron chi connectivity index (χ4n) is 2.09. The van der Waals surface area contributed by atoms with Crippen molar-refractivity contribution in [2.75, 3.05) is 5.32 Å². The minimum Gasteiger partial charge on any atom is -0.381 e. The highest BCUT2D eigenvalue weighted by Gasteiger charge is 2.10. The Balaban J connectivity index is 2.00. The van der Waals surface area contributed by atoms with Gasteiger partial charge < -0.3 is 10.6 Å². The minimum absolute atomic E-state index is 0.131. The Labute approximate surface area is 132 Å². The van der Waals surface area contributed by atoms with Gasteiger partial charge in [0, 0.05) is 24.5 Å². The summed E-state index contributed by atoms with van der Waals surface area (Å²) in [6.07, 6.45) is 2.56. The normalized spacial score (nSPS) is 11.8. The topological polar surface area (TPSA) is 54.0 Å². The van der Waals surface area contributed by atoms with E-state index in [9.17, 15) is 4.79 Å². The van der Waals surface area contributed by atoms with Gasteiger partial charge in [0.2, 0.25) is 0 Å². The van der Waals surface area contributed by atoms with Crippen LogP contribution in [0.5, 0.6) is 0 Å². The van der Waals surface area contributed by atoms with Gasteiger partial charge in [-0.05, 0) is 38.0 Å². The van der Waals surface area contributed by atoms with E-state index in [0.717, 1.165) is 18.7 Å². The van der Waals surface area contributed by atoms with Crippen LogP contribution >= 0.6 is 0 Å². The van der Waals surface area contributed by atoms with Gasteiger partial charge in [0.1, 0.15) is 5.69 Å². The number of carbonyl (C=O) groups is 1. The van der Waals surface area contributed by atoms with Crippen molar-refractivity contribution in [3.05, 3.63) is 59.4 Å². The molecule has 4 nitrogen and oxygen atoms in total. The van der Waals surface area contributed by atoms with Gasteiger partial charge in [-0.1, -0.05) is 36.8 Å². The summed E-state index contributed by atoms with van der Waals surface area (Å²) in [5, 5.41) is 6.26. The first-order chi connectivity index (χ1) is 10.6. The number of rotatable bonds is 6. The molecule has 1 unspecified atom stereocenters. The molecule has 1 aromatic carbocycles. The molecule has 4 heteroatoms. The summed E-state index contributed by atoms with van der Waals surface area (Å²) < 4.78 is 0. The molecule has 2 N–H and O–H groups in total. The predicted octanol–water partition coefficient (Wildman–Crippen LogP) is 3.53. The van der Waals surface area contributed by atoms with Gasteiger partial charge in [0.25, 0.3) is 5.91 Å². The number of hydrogen-bond acceptors (Lipinski definition) is 3. The summed E-state index contributed by atoms with van der Waals surface area (Å²) >= 11 is 0. The van der Waals surface area contributed by atoms with Crippen LogP contribution in [0.15, 0.2) is 42.6 Å². The Bertz CT molecular complexity index is 640. The number of pyridine rings is 1. The molecule has 0 bridgehead atoms. The second kappa shape index (κ2) is 7.59. The first kappa shape index (κ1) is 16.0. The van der Waals surface area contributed by atoms with Gasteiger partial charge in [-0.15, -0.1) is 0 Å². The molecular weight excluding hydrogens is 274 g/mol. The van der Waals surface area contributed by atoms with Gasteiger partial charge in [-0.3, -0.25) is 9.78 Å². The summed E-state index contributed by atoms with van der Waals surface area (Å²) in [5.74, 6) is -0.131. The first-order valence-corrected chi connectivity index (χ1v) is 7.65. The van der Waals surface area contributed by atoms with E-state index >= 15 is 0 Å². The number of aryl methyl sites for hydroxylation is 1. The van der Waals surface area contributed by atoms with E-state index in [1.54, 1.807) is 12.3 Å². The number of nitrogens with one attached hydrogen (secondary N) is 2. The molecule has 2 rings (SSSR count). The highest BCUT2D eigenvalue weighted by atomic mass is 16.1. The zero-order chi connectivity index (χ0) is 15.9. The average Bonchev–Trinajstić information content (AvgIpc) is 2.53. The Morgan fingerprint density at radius 1 is 1.27 bits per heavy atom. The quantitative estimate of drug-likeness (QED) is 0.857. The van der Waals surface area contributed by atoms with Crippen molar-refractivity contribution in [3.8, 4) is 0 Å². The molecular formula is C18H23N3O. The molecule has 1 heterocycles. The molecule has 2 aromatic rings. The van der Waals surface area contributed by atoms with Crippen molar-refractivity contribution in [1.29, 1.82) is 0 Å². The maximum Gasteiger partial charge on any atom is 0.270 e. The van der Waals surface area contributed by atoms with Crippen molar-refractivity contribution < 1.29 is 4.79 Å². The zero-order valence-corrected chi connectivity index (χ0v) is 13.4. The van der Waals surface area contributed by atoms with E-state index in [4.69, 9.17) is 0 Å². The third-order valence-electron chi connectivity index (χ3n) is 3.56. The molecule has 1 amide bonds. The van der Waals surface area contributed by atoms with Gasteiger partial charge in [-0.25, -0.2) is 0 Å². The van der Waals surface area contributed by atoms with E-state index in [0.29, 0.717) is 5.69 Å². The third-order valence-corrected chi connectivity index (χ3v) is 3.56. The van der Waals surface area contributed by atoms with Crippen LogP contribution in [-0.4, -0.2) is 16.9 Å². The van der Waals surface area contributed by atoms with Crippen LogP contribution in [0.4, 0.5) is 5.69 Å². The lowest BCUT2D eigenvalue weighted by molar-refractivity contribution is 0.0934. The molecule has 22 heavy (non-hydrogen) atoms. The summed E-state index contributed by atoms with van der Waals surface area (Å²) in [4.78, 5) is 16.2. The Kier molecular flexibility index (Phi) is 5.53. The van der Waals surface area contributed by atoms with Gasteiger partial charge in [-0.2, -0.15) is 0 Å². The van der Waals surface area contributed by atoms with Gasteiger partial charge >= 0.3 is 0 Å². The average molecular weight is 297 g/mol. The summed E-state index contributed by atoms with van der Waals surface area (Å²) in [5.41, 5.74) is 3.78. The highest BCUT2D eigenvalue weighted by Crippen LogP contribution is 2.11. The Morgan fingerprint density at radius 3 is 2.82 bits per heavy atom. The number of aromatic nitrogens is 1. The van der Waals surface area contributed by atoms with Crippen LogP contribution in [-0.2, 0) is 6.54 Å². The second-order valence-electron chi connectivity index (χ2n) is 5.56. The predicted molar refractivity (Wildman–Crippen MR) is 90.0 cm³/mol. The minimum atomic E-state index is -0.131. The van der Waals surface area contributed by atoms with E-state index in [1.807, 2.05) is 26.0 Å². The molecule has 0 spiro atoms. The van der Waals surface area contributed by atoms with Crippen molar-refractivity contribution in [3.63, 3.8) is 0 Å². The lowest BCUT2D eigenvalue weighted by Gasteiger charge is -2.12. The van der Waals surface area contributed by atoms with E-state index in [-0.39, 0.29) is 11.9 Å². The largest absolute Gasteiger partial charge is 0.381 e. The van der Waals surface area contributed by atoms with E-state index in [1.165, 1.54) is 11.1 Å².